The van der Waals surface area contributed by atoms with Crippen LogP contribution in [-0.2, 0) is 18.0 Å². The number of thioether (sulfide) groups is 1. The maximum absolute atomic E-state index is 15.2. The summed E-state index contributed by atoms with van der Waals surface area (Å²) in [7, 11) is 4.29. The van der Waals surface area contributed by atoms with Gasteiger partial charge in [-0.1, -0.05) is 31.5 Å². The van der Waals surface area contributed by atoms with E-state index in [1.165, 1.54) is 24.6 Å². The Balaban J connectivity index is 1.82. The number of aromatic nitrogens is 2. The maximum atomic E-state index is 15.2. The third kappa shape index (κ3) is 3.42. The molecule has 1 fully saturated rings. The minimum absolute atomic E-state index is 0.114. The average Bonchev–Trinajstić information content (AvgIpc) is 3.34. The zero-order chi connectivity index (χ0) is 19.9. The molecule has 1 aliphatic heterocycles. The van der Waals surface area contributed by atoms with Gasteiger partial charge in [0.1, 0.15) is 11.3 Å². The van der Waals surface area contributed by atoms with Crippen LogP contribution in [0.3, 0.4) is 0 Å². The number of nitrogens with one attached hydrogen (secondary N) is 1. The lowest BCUT2D eigenvalue weighted by molar-refractivity contribution is 0.134. The van der Waals surface area contributed by atoms with E-state index in [2.05, 4.69) is 45.2 Å². The summed E-state index contributed by atoms with van der Waals surface area (Å²) in [5.74, 6) is 1.23. The van der Waals surface area contributed by atoms with Crippen LogP contribution in [0.5, 0.6) is 0 Å². The molecule has 2 heterocycles. The molecule has 1 aliphatic carbocycles. The molecule has 8 heteroatoms. The van der Waals surface area contributed by atoms with E-state index in [9.17, 15) is 0 Å². The van der Waals surface area contributed by atoms with E-state index in [4.69, 9.17) is 9.72 Å². The van der Waals surface area contributed by atoms with Gasteiger partial charge in [0, 0.05) is 17.6 Å². The third-order valence-corrected chi connectivity index (χ3v) is 7.61. The molecule has 0 radical (unpaired) electrons. The molecule has 4 rings (SSSR count). The van der Waals surface area contributed by atoms with Crippen molar-refractivity contribution in [3.05, 3.63) is 21.4 Å². The van der Waals surface area contributed by atoms with Gasteiger partial charge in [-0.3, -0.25) is 0 Å². The number of rotatable bonds is 6. The lowest BCUT2D eigenvalue weighted by Crippen LogP contribution is -2.47. The van der Waals surface area contributed by atoms with Gasteiger partial charge < -0.3 is 15.0 Å². The Morgan fingerprint density at radius 3 is 2.61 bits per heavy atom. The fraction of sp³-hybridized carbons (Fsp3) is 0.600. The molecule has 0 bridgehead atoms. The normalized spacial score (nSPS) is 18.2. The summed E-state index contributed by atoms with van der Waals surface area (Å²) in [6.45, 7) is 3.71. The monoisotopic (exact) mass is 468 g/mol. The van der Waals surface area contributed by atoms with Gasteiger partial charge in [0.25, 0.3) is 0 Å². The van der Waals surface area contributed by atoms with Crippen LogP contribution in [0.1, 0.15) is 43.7 Å². The van der Waals surface area contributed by atoms with E-state index >= 15 is 4.39 Å². The molecule has 0 amide bonds. The molecular formula is C20H26BrFN4OS. The summed E-state index contributed by atoms with van der Waals surface area (Å²) in [5.41, 5.74) is 2.35. The van der Waals surface area contributed by atoms with Crippen LogP contribution in [0, 0.1) is 5.82 Å². The molecule has 0 unspecified atom stereocenters. The summed E-state index contributed by atoms with van der Waals surface area (Å²) in [6.07, 6.45) is 4.81. The fourth-order valence-electron chi connectivity index (χ4n) is 4.35. The first-order chi connectivity index (χ1) is 13.5. The highest BCUT2D eigenvalue weighted by atomic mass is 79.9. The van der Waals surface area contributed by atoms with Crippen molar-refractivity contribution in [1.82, 2.24) is 14.9 Å². The quantitative estimate of drug-likeness (QED) is 0.477. The number of anilines is 1. The second-order valence-electron chi connectivity index (χ2n) is 7.77. The topological polar surface area (TPSA) is 50.3 Å². The number of halogens is 2. The van der Waals surface area contributed by atoms with Gasteiger partial charge in [0.15, 0.2) is 11.0 Å². The highest BCUT2D eigenvalue weighted by Gasteiger charge is 2.36. The largest absolute Gasteiger partial charge is 0.372 e. The van der Waals surface area contributed by atoms with Crippen LogP contribution in [0.4, 0.5) is 10.2 Å². The van der Waals surface area contributed by atoms with Gasteiger partial charge in [-0.15, -0.1) is 0 Å². The fourth-order valence-corrected chi connectivity index (χ4v) is 5.47. The molecule has 0 saturated heterocycles. The Morgan fingerprint density at radius 1 is 1.21 bits per heavy atom. The maximum Gasteiger partial charge on any atom is 0.190 e. The summed E-state index contributed by atoms with van der Waals surface area (Å²) >= 11 is 4.94. The smallest absolute Gasteiger partial charge is 0.190 e. The van der Waals surface area contributed by atoms with Crippen molar-refractivity contribution in [3.8, 4) is 0 Å². The van der Waals surface area contributed by atoms with Crippen LogP contribution in [0.15, 0.2) is 9.63 Å². The molecule has 0 atom stereocenters. The van der Waals surface area contributed by atoms with Crippen LogP contribution >= 0.6 is 27.7 Å². The molecule has 1 aromatic carbocycles. The zero-order valence-electron chi connectivity index (χ0n) is 16.6. The Hall–Kier alpha value is -0.960. The summed E-state index contributed by atoms with van der Waals surface area (Å²) < 4.78 is 21.3. The molecule has 0 spiro atoms. The first kappa shape index (κ1) is 20.3. The Kier molecular flexibility index (Phi) is 5.84. The van der Waals surface area contributed by atoms with E-state index in [0.717, 1.165) is 47.5 Å². The highest BCUT2D eigenvalue weighted by Crippen LogP contribution is 2.41. The number of likely N-dealkylation sites (N-methyl/N-ethyl adjacent to an activating group) is 1. The number of benzene rings is 1. The van der Waals surface area contributed by atoms with E-state index in [0.29, 0.717) is 28.4 Å². The van der Waals surface area contributed by atoms with Gasteiger partial charge in [-0.25, -0.2) is 14.4 Å². The number of ether oxygens (including phenoxy) is 1. The SMILES string of the molecule is CCSc1nc(NCC2(N(C)C)CCCC2)c2c3c(c(Br)c(F)c2n1)COC3. The first-order valence-corrected chi connectivity index (χ1v) is 11.6. The number of hydrogen-bond donors (Lipinski definition) is 1. The van der Waals surface area contributed by atoms with Crippen molar-refractivity contribution in [3.63, 3.8) is 0 Å². The van der Waals surface area contributed by atoms with Crippen molar-refractivity contribution in [2.75, 3.05) is 31.7 Å². The van der Waals surface area contributed by atoms with Gasteiger partial charge in [-0.05, 0) is 54.2 Å². The summed E-state index contributed by atoms with van der Waals surface area (Å²) in [4.78, 5) is 11.6. The van der Waals surface area contributed by atoms with Gasteiger partial charge in [0.05, 0.1) is 23.1 Å². The molecule has 1 saturated carbocycles. The predicted octanol–water partition coefficient (Wildman–Crippen LogP) is 4.96. The number of hydrogen-bond acceptors (Lipinski definition) is 6. The lowest BCUT2D eigenvalue weighted by atomic mass is 9.95. The Bertz CT molecular complexity index is 902. The first-order valence-electron chi connectivity index (χ1n) is 9.79. The van der Waals surface area contributed by atoms with Gasteiger partial charge in [-0.2, -0.15) is 0 Å². The van der Waals surface area contributed by atoms with Crippen molar-refractivity contribution < 1.29 is 9.13 Å². The van der Waals surface area contributed by atoms with E-state index in [1.807, 2.05) is 6.92 Å². The molecule has 1 aromatic heterocycles. The van der Waals surface area contributed by atoms with Crippen molar-refractivity contribution in [2.45, 2.75) is 56.5 Å². The van der Waals surface area contributed by atoms with Crippen LogP contribution in [-0.4, -0.2) is 46.8 Å². The molecule has 2 aromatic rings. The average molecular weight is 469 g/mol. The molecule has 152 valence electrons. The second kappa shape index (κ2) is 8.05. The van der Waals surface area contributed by atoms with E-state index in [-0.39, 0.29) is 11.4 Å². The molecule has 2 aliphatic rings. The van der Waals surface area contributed by atoms with Crippen LogP contribution in [0.2, 0.25) is 0 Å². The van der Waals surface area contributed by atoms with Crippen molar-refractivity contribution in [1.29, 1.82) is 0 Å². The van der Waals surface area contributed by atoms with Gasteiger partial charge in [0.2, 0.25) is 0 Å². The molecular weight excluding hydrogens is 443 g/mol. The molecule has 5 nitrogen and oxygen atoms in total. The predicted molar refractivity (Wildman–Crippen MR) is 115 cm³/mol. The zero-order valence-corrected chi connectivity index (χ0v) is 19.0. The van der Waals surface area contributed by atoms with Crippen LogP contribution < -0.4 is 5.32 Å². The number of nitrogens with zero attached hydrogens (tertiary/aromatic N) is 3. The van der Waals surface area contributed by atoms with Crippen molar-refractivity contribution in [2.24, 2.45) is 0 Å². The van der Waals surface area contributed by atoms with Gasteiger partial charge >= 0.3 is 0 Å². The standard InChI is InChI=1S/C20H26BrFN4OS/c1-4-28-19-24-17-14(12-9-27-10-13(12)15(21)16(17)22)18(25-19)23-11-20(26(2)3)7-5-6-8-20/h4-11H2,1-3H3,(H,23,24,25). The second-order valence-corrected chi connectivity index (χ2v) is 9.79. The summed E-state index contributed by atoms with van der Waals surface area (Å²) in [6, 6.07) is 0. The Morgan fingerprint density at radius 2 is 1.93 bits per heavy atom. The van der Waals surface area contributed by atoms with E-state index in [1.54, 1.807) is 0 Å². The third-order valence-electron chi connectivity index (χ3n) is 6.05. The molecule has 1 N–H and O–H groups in total. The summed E-state index contributed by atoms with van der Waals surface area (Å²) in [5, 5.41) is 4.95. The molecule has 28 heavy (non-hydrogen) atoms. The van der Waals surface area contributed by atoms with E-state index < -0.39 is 0 Å². The van der Waals surface area contributed by atoms with Crippen molar-refractivity contribution >= 4 is 44.4 Å². The minimum Gasteiger partial charge on any atom is -0.372 e. The highest BCUT2D eigenvalue weighted by molar-refractivity contribution is 9.10. The lowest BCUT2D eigenvalue weighted by Gasteiger charge is -2.36. The van der Waals surface area contributed by atoms with Crippen LogP contribution in [0.25, 0.3) is 10.9 Å². The number of fused-ring (bicyclic) bond motifs is 3. The minimum atomic E-state index is -0.328. The Labute approximate surface area is 177 Å².